The summed E-state index contributed by atoms with van der Waals surface area (Å²) < 4.78 is 2.76. The summed E-state index contributed by atoms with van der Waals surface area (Å²) in [4.78, 5) is 31.7. The van der Waals surface area contributed by atoms with E-state index in [0.29, 0.717) is 19.5 Å². The predicted molar refractivity (Wildman–Crippen MR) is 126 cm³/mol. The van der Waals surface area contributed by atoms with Crippen LogP contribution in [0.2, 0.25) is 0 Å². The summed E-state index contributed by atoms with van der Waals surface area (Å²) in [5.41, 5.74) is 1.72. The molecule has 1 unspecified atom stereocenters. The summed E-state index contributed by atoms with van der Waals surface area (Å²) in [6, 6.07) is 16.2. The molecule has 1 amide bonds. The van der Waals surface area contributed by atoms with E-state index in [1.54, 1.807) is 23.5 Å². The molecule has 2 heterocycles. The van der Waals surface area contributed by atoms with Crippen molar-refractivity contribution in [3.63, 3.8) is 0 Å². The SMILES string of the molecule is O=C(C=Cc1ccccc1)C1=C(O)C(=O)N(CCCn2ccnc2)C1c1cccc(Br)c1. The van der Waals surface area contributed by atoms with E-state index in [0.717, 1.165) is 15.6 Å². The zero-order valence-corrected chi connectivity index (χ0v) is 18.9. The maximum absolute atomic E-state index is 13.1. The molecule has 1 aliphatic heterocycles. The maximum Gasteiger partial charge on any atom is 0.290 e. The summed E-state index contributed by atoms with van der Waals surface area (Å²) in [6.45, 7) is 1.06. The molecule has 0 saturated heterocycles. The lowest BCUT2D eigenvalue weighted by Gasteiger charge is -2.27. The number of nitrogens with zero attached hydrogens (tertiary/aromatic N) is 3. The minimum Gasteiger partial charge on any atom is -0.503 e. The van der Waals surface area contributed by atoms with Crippen LogP contribution < -0.4 is 0 Å². The number of hydrogen-bond donors (Lipinski definition) is 1. The molecular formula is C25H22BrN3O3. The molecule has 2 aromatic carbocycles. The van der Waals surface area contributed by atoms with Gasteiger partial charge in [0, 0.05) is 30.0 Å². The van der Waals surface area contributed by atoms with Crippen molar-refractivity contribution in [2.45, 2.75) is 19.0 Å². The third kappa shape index (κ3) is 4.73. The molecule has 162 valence electrons. The van der Waals surface area contributed by atoms with Crippen LogP contribution in [-0.4, -0.2) is 37.8 Å². The molecule has 0 aliphatic carbocycles. The first-order chi connectivity index (χ1) is 15.5. The van der Waals surface area contributed by atoms with Crippen molar-refractivity contribution in [1.29, 1.82) is 0 Å². The van der Waals surface area contributed by atoms with E-state index >= 15 is 0 Å². The van der Waals surface area contributed by atoms with Crippen LogP contribution in [0.5, 0.6) is 0 Å². The average Bonchev–Trinajstić information content (AvgIpc) is 3.40. The van der Waals surface area contributed by atoms with E-state index in [-0.39, 0.29) is 11.4 Å². The Labute approximate surface area is 194 Å². The van der Waals surface area contributed by atoms with Gasteiger partial charge < -0.3 is 14.6 Å². The number of aryl methyl sites for hydroxylation is 1. The van der Waals surface area contributed by atoms with Gasteiger partial charge in [-0.15, -0.1) is 0 Å². The van der Waals surface area contributed by atoms with Gasteiger partial charge in [-0.2, -0.15) is 0 Å². The Morgan fingerprint density at radius 2 is 1.94 bits per heavy atom. The number of aliphatic hydroxyl groups excluding tert-OH is 1. The summed E-state index contributed by atoms with van der Waals surface area (Å²) in [6.07, 6.45) is 9.03. The monoisotopic (exact) mass is 491 g/mol. The number of allylic oxidation sites excluding steroid dienone is 1. The second kappa shape index (κ2) is 9.78. The molecule has 3 aromatic rings. The van der Waals surface area contributed by atoms with E-state index in [2.05, 4.69) is 20.9 Å². The Bertz CT molecular complexity index is 1170. The fourth-order valence-electron chi connectivity index (χ4n) is 3.83. The highest BCUT2D eigenvalue weighted by Crippen LogP contribution is 2.38. The van der Waals surface area contributed by atoms with Gasteiger partial charge >= 0.3 is 0 Å². The van der Waals surface area contributed by atoms with E-state index in [9.17, 15) is 14.7 Å². The predicted octanol–water partition coefficient (Wildman–Crippen LogP) is 4.71. The van der Waals surface area contributed by atoms with E-state index in [1.807, 2.05) is 65.4 Å². The fourth-order valence-corrected chi connectivity index (χ4v) is 4.24. The lowest BCUT2D eigenvalue weighted by molar-refractivity contribution is -0.129. The Kier molecular flexibility index (Phi) is 6.66. The number of ketones is 1. The number of imidazole rings is 1. The Morgan fingerprint density at radius 1 is 1.12 bits per heavy atom. The zero-order chi connectivity index (χ0) is 22.5. The molecule has 4 rings (SSSR count). The van der Waals surface area contributed by atoms with Crippen molar-refractivity contribution < 1.29 is 14.7 Å². The number of halogens is 1. The van der Waals surface area contributed by atoms with Gasteiger partial charge in [-0.1, -0.05) is 64.5 Å². The molecule has 1 N–H and O–H groups in total. The highest BCUT2D eigenvalue weighted by Gasteiger charge is 2.42. The molecule has 0 fully saturated rings. The van der Waals surface area contributed by atoms with Gasteiger partial charge in [-0.25, -0.2) is 4.98 Å². The third-order valence-electron chi connectivity index (χ3n) is 5.33. The second-order valence-corrected chi connectivity index (χ2v) is 8.40. The van der Waals surface area contributed by atoms with Crippen molar-refractivity contribution in [1.82, 2.24) is 14.5 Å². The standard InChI is InChI=1S/C25H22BrN3O3/c26-20-9-4-8-19(16-20)23-22(21(30)11-10-18-6-2-1-3-7-18)24(31)25(32)29(23)14-5-13-28-15-12-27-17-28/h1-4,6-12,15-17,23,31H,5,13-14H2. The van der Waals surface area contributed by atoms with Crippen molar-refractivity contribution in [3.05, 3.63) is 106 Å². The number of hydrogen-bond acceptors (Lipinski definition) is 4. The zero-order valence-electron chi connectivity index (χ0n) is 17.3. The maximum atomic E-state index is 13.1. The Balaban J connectivity index is 1.62. The molecule has 6 nitrogen and oxygen atoms in total. The Hall–Kier alpha value is -3.45. The van der Waals surface area contributed by atoms with Crippen LogP contribution in [0.3, 0.4) is 0 Å². The molecule has 0 spiro atoms. The van der Waals surface area contributed by atoms with Crippen LogP contribution in [0.15, 0.2) is 95.2 Å². The van der Waals surface area contributed by atoms with Crippen LogP contribution >= 0.6 is 15.9 Å². The first kappa shape index (κ1) is 21.8. The minimum absolute atomic E-state index is 0.0999. The van der Waals surface area contributed by atoms with E-state index < -0.39 is 17.7 Å². The van der Waals surface area contributed by atoms with Crippen molar-refractivity contribution in [3.8, 4) is 0 Å². The average molecular weight is 492 g/mol. The van der Waals surface area contributed by atoms with E-state index in [1.165, 1.54) is 6.08 Å². The van der Waals surface area contributed by atoms with Crippen molar-refractivity contribution in [2.24, 2.45) is 0 Å². The first-order valence-electron chi connectivity index (χ1n) is 10.3. The van der Waals surface area contributed by atoms with Gasteiger partial charge in [0.1, 0.15) is 0 Å². The smallest absolute Gasteiger partial charge is 0.290 e. The third-order valence-corrected chi connectivity index (χ3v) is 5.83. The summed E-state index contributed by atoms with van der Waals surface area (Å²) in [7, 11) is 0. The molecule has 32 heavy (non-hydrogen) atoms. The lowest BCUT2D eigenvalue weighted by atomic mass is 9.95. The highest BCUT2D eigenvalue weighted by atomic mass is 79.9. The molecule has 1 aromatic heterocycles. The fraction of sp³-hybridized carbons (Fsp3) is 0.160. The summed E-state index contributed by atoms with van der Waals surface area (Å²) in [5, 5.41) is 10.7. The van der Waals surface area contributed by atoms with Crippen molar-refractivity contribution >= 4 is 33.7 Å². The number of rotatable bonds is 8. The number of carbonyl (C=O) groups is 2. The quantitative estimate of drug-likeness (QED) is 0.462. The number of aliphatic hydroxyl groups is 1. The van der Waals surface area contributed by atoms with Gasteiger partial charge in [0.05, 0.1) is 17.9 Å². The van der Waals surface area contributed by atoms with Gasteiger partial charge in [-0.3, -0.25) is 9.59 Å². The number of carbonyl (C=O) groups excluding carboxylic acids is 2. The number of benzene rings is 2. The molecule has 1 atom stereocenters. The van der Waals surface area contributed by atoms with Gasteiger partial charge in [0.15, 0.2) is 11.5 Å². The molecule has 0 bridgehead atoms. The van der Waals surface area contributed by atoms with Crippen LogP contribution in [0.1, 0.15) is 23.6 Å². The molecule has 7 heteroatoms. The molecule has 0 saturated carbocycles. The molecular weight excluding hydrogens is 470 g/mol. The van der Waals surface area contributed by atoms with Crippen LogP contribution in [0.25, 0.3) is 6.08 Å². The number of aromatic nitrogens is 2. The van der Waals surface area contributed by atoms with Gasteiger partial charge in [0.2, 0.25) is 0 Å². The lowest BCUT2D eigenvalue weighted by Crippen LogP contribution is -2.32. The van der Waals surface area contributed by atoms with Gasteiger partial charge in [0.25, 0.3) is 5.91 Å². The summed E-state index contributed by atoms with van der Waals surface area (Å²) >= 11 is 3.47. The minimum atomic E-state index is -0.657. The van der Waals surface area contributed by atoms with Crippen molar-refractivity contribution in [2.75, 3.05) is 6.54 Å². The molecule has 1 aliphatic rings. The summed E-state index contributed by atoms with van der Waals surface area (Å²) in [5.74, 6) is -1.40. The van der Waals surface area contributed by atoms with Crippen LogP contribution in [0.4, 0.5) is 0 Å². The van der Waals surface area contributed by atoms with Crippen LogP contribution in [-0.2, 0) is 16.1 Å². The highest BCUT2D eigenvalue weighted by molar-refractivity contribution is 9.10. The second-order valence-electron chi connectivity index (χ2n) is 7.48. The normalized spacial score (nSPS) is 16.3. The van der Waals surface area contributed by atoms with Gasteiger partial charge in [-0.05, 0) is 35.8 Å². The molecule has 0 radical (unpaired) electrons. The Morgan fingerprint density at radius 3 is 2.66 bits per heavy atom. The number of amides is 1. The van der Waals surface area contributed by atoms with Crippen LogP contribution in [0, 0.1) is 0 Å². The largest absolute Gasteiger partial charge is 0.503 e. The first-order valence-corrected chi connectivity index (χ1v) is 11.1. The topological polar surface area (TPSA) is 75.4 Å². The van der Waals surface area contributed by atoms with E-state index in [4.69, 9.17) is 0 Å².